The van der Waals surface area contributed by atoms with E-state index in [2.05, 4.69) is 0 Å². The molecule has 0 aromatic heterocycles. The predicted molar refractivity (Wildman–Crippen MR) is 128 cm³/mol. The molecule has 1 aliphatic heterocycles. The Hall–Kier alpha value is -3.10. The van der Waals surface area contributed by atoms with Gasteiger partial charge in [-0.3, -0.25) is 9.10 Å². The fraction of sp³-hybridized carbons (Fsp3) is 0.208. The minimum atomic E-state index is -3.89. The number of carbonyl (C=O) groups is 1. The smallest absolute Gasteiger partial charge is 0.264 e. The highest BCUT2D eigenvalue weighted by atomic mass is 35.5. The van der Waals surface area contributed by atoms with E-state index in [0.717, 1.165) is 4.31 Å². The topological polar surface area (TPSA) is 60.9 Å². The first kappa shape index (κ1) is 23.1. The van der Waals surface area contributed by atoms with Crippen molar-refractivity contribution in [3.8, 4) is 0 Å². The Morgan fingerprint density at radius 2 is 1.64 bits per heavy atom. The molecule has 3 aromatic rings. The molecule has 1 amide bonds. The average molecular weight is 488 g/mol. The van der Waals surface area contributed by atoms with E-state index < -0.39 is 10.0 Å². The van der Waals surface area contributed by atoms with Gasteiger partial charge in [0.25, 0.3) is 15.9 Å². The average Bonchev–Trinajstić information content (AvgIpc) is 2.83. The van der Waals surface area contributed by atoms with Crippen LogP contribution in [0.1, 0.15) is 10.4 Å². The van der Waals surface area contributed by atoms with Crippen LogP contribution >= 0.6 is 11.6 Å². The summed E-state index contributed by atoms with van der Waals surface area (Å²) in [5, 5.41) is 0.424. The van der Waals surface area contributed by atoms with E-state index in [1.165, 1.54) is 25.2 Å². The maximum absolute atomic E-state index is 14.1. The van der Waals surface area contributed by atoms with Crippen LogP contribution in [0, 0.1) is 5.82 Å². The predicted octanol–water partition coefficient (Wildman–Crippen LogP) is 4.27. The number of piperazine rings is 1. The molecule has 0 unspecified atom stereocenters. The van der Waals surface area contributed by atoms with Crippen molar-refractivity contribution >= 4 is 38.9 Å². The minimum Gasteiger partial charge on any atom is -0.366 e. The van der Waals surface area contributed by atoms with Crippen LogP contribution in [0.15, 0.2) is 77.7 Å². The summed E-state index contributed by atoms with van der Waals surface area (Å²) in [6.45, 7) is 1.80. The maximum atomic E-state index is 14.1. The SMILES string of the molecule is CN(c1cccc(Cl)c1)S(=O)(=O)c1cccc(C(=O)N2CCN(c3ccccc3F)CC2)c1. The number of amides is 1. The molecule has 6 nitrogen and oxygen atoms in total. The van der Waals surface area contributed by atoms with Gasteiger partial charge in [-0.15, -0.1) is 0 Å². The monoisotopic (exact) mass is 487 g/mol. The lowest BCUT2D eigenvalue weighted by Gasteiger charge is -2.36. The minimum absolute atomic E-state index is 0.0146. The van der Waals surface area contributed by atoms with Gasteiger partial charge >= 0.3 is 0 Å². The molecule has 172 valence electrons. The van der Waals surface area contributed by atoms with Crippen molar-refractivity contribution < 1.29 is 17.6 Å². The Morgan fingerprint density at radius 3 is 2.33 bits per heavy atom. The molecule has 0 N–H and O–H groups in total. The zero-order chi connectivity index (χ0) is 23.6. The second-order valence-electron chi connectivity index (χ2n) is 7.71. The number of benzene rings is 3. The summed E-state index contributed by atoms with van der Waals surface area (Å²) in [6, 6.07) is 19.1. The molecule has 3 aromatic carbocycles. The van der Waals surface area contributed by atoms with E-state index in [9.17, 15) is 17.6 Å². The molecule has 0 radical (unpaired) electrons. The van der Waals surface area contributed by atoms with E-state index in [0.29, 0.717) is 42.6 Å². The highest BCUT2D eigenvalue weighted by Gasteiger charge is 2.26. The summed E-state index contributed by atoms with van der Waals surface area (Å²) in [7, 11) is -2.45. The molecule has 0 atom stereocenters. The largest absolute Gasteiger partial charge is 0.366 e. The Balaban J connectivity index is 1.50. The van der Waals surface area contributed by atoms with Gasteiger partial charge in [-0.2, -0.15) is 0 Å². The molecule has 1 heterocycles. The fourth-order valence-electron chi connectivity index (χ4n) is 3.80. The van der Waals surface area contributed by atoms with Gasteiger partial charge < -0.3 is 9.80 Å². The molecule has 0 saturated carbocycles. The first-order valence-electron chi connectivity index (χ1n) is 10.4. The lowest BCUT2D eigenvalue weighted by Crippen LogP contribution is -2.49. The Morgan fingerprint density at radius 1 is 0.939 bits per heavy atom. The van der Waals surface area contributed by atoms with Crippen LogP contribution in [0.2, 0.25) is 5.02 Å². The van der Waals surface area contributed by atoms with Gasteiger partial charge in [0.1, 0.15) is 5.82 Å². The summed E-state index contributed by atoms with van der Waals surface area (Å²) in [4.78, 5) is 16.7. The molecule has 33 heavy (non-hydrogen) atoms. The summed E-state index contributed by atoms with van der Waals surface area (Å²) >= 11 is 6.00. The van der Waals surface area contributed by atoms with E-state index in [1.54, 1.807) is 59.5 Å². The number of sulfonamides is 1. The third-order valence-electron chi connectivity index (χ3n) is 5.67. The molecule has 0 aliphatic carbocycles. The van der Waals surface area contributed by atoms with Gasteiger partial charge in [-0.05, 0) is 48.5 Å². The molecule has 9 heteroatoms. The number of rotatable bonds is 5. The highest BCUT2D eigenvalue weighted by molar-refractivity contribution is 7.92. The summed E-state index contributed by atoms with van der Waals surface area (Å²) in [5.41, 5.74) is 1.22. The second-order valence-corrected chi connectivity index (χ2v) is 10.1. The van der Waals surface area contributed by atoms with Crippen LogP contribution in [0.4, 0.5) is 15.8 Å². The molecule has 4 rings (SSSR count). The zero-order valence-corrected chi connectivity index (χ0v) is 19.6. The number of anilines is 2. The van der Waals surface area contributed by atoms with Crippen LogP contribution in [-0.2, 0) is 10.0 Å². The highest BCUT2D eigenvalue weighted by Crippen LogP contribution is 2.26. The third-order valence-corrected chi connectivity index (χ3v) is 7.69. The van der Waals surface area contributed by atoms with Crippen molar-refractivity contribution in [1.82, 2.24) is 4.90 Å². The first-order valence-corrected chi connectivity index (χ1v) is 12.2. The van der Waals surface area contributed by atoms with Crippen LogP contribution < -0.4 is 9.21 Å². The number of nitrogens with zero attached hydrogens (tertiary/aromatic N) is 3. The van der Waals surface area contributed by atoms with Gasteiger partial charge in [0, 0.05) is 43.8 Å². The van der Waals surface area contributed by atoms with Gasteiger partial charge in [-0.1, -0.05) is 35.9 Å². The van der Waals surface area contributed by atoms with Crippen molar-refractivity contribution in [2.75, 3.05) is 42.4 Å². The first-order chi connectivity index (χ1) is 15.8. The van der Waals surface area contributed by atoms with Gasteiger partial charge in [0.2, 0.25) is 0 Å². The number of para-hydroxylation sites is 1. The lowest BCUT2D eigenvalue weighted by molar-refractivity contribution is 0.0746. The summed E-state index contributed by atoms with van der Waals surface area (Å²) in [5.74, 6) is -0.551. The van der Waals surface area contributed by atoms with Crippen molar-refractivity contribution in [2.45, 2.75) is 4.90 Å². The van der Waals surface area contributed by atoms with Gasteiger partial charge in [-0.25, -0.2) is 12.8 Å². The van der Waals surface area contributed by atoms with E-state index in [4.69, 9.17) is 11.6 Å². The van der Waals surface area contributed by atoms with Crippen LogP contribution in [0.25, 0.3) is 0 Å². The van der Waals surface area contributed by atoms with Crippen molar-refractivity contribution in [1.29, 1.82) is 0 Å². The molecule has 0 bridgehead atoms. The Labute approximate surface area is 197 Å². The van der Waals surface area contributed by atoms with Crippen LogP contribution in [0.5, 0.6) is 0 Å². The maximum Gasteiger partial charge on any atom is 0.264 e. The molecular weight excluding hydrogens is 465 g/mol. The number of hydrogen-bond acceptors (Lipinski definition) is 4. The standard InChI is InChI=1S/C24H23ClFN3O3S/c1-27(20-8-5-7-19(25)17-20)33(31,32)21-9-4-6-18(16-21)24(30)29-14-12-28(13-15-29)23-11-3-2-10-22(23)26/h2-11,16-17H,12-15H2,1H3. The summed E-state index contributed by atoms with van der Waals surface area (Å²) in [6.07, 6.45) is 0. The molecular formula is C24H23ClFN3O3S. The van der Waals surface area contributed by atoms with Crippen molar-refractivity contribution in [2.24, 2.45) is 0 Å². The quantitative estimate of drug-likeness (QED) is 0.539. The molecule has 0 spiro atoms. The van der Waals surface area contributed by atoms with Gasteiger partial charge in [0.15, 0.2) is 0 Å². The fourth-order valence-corrected chi connectivity index (χ4v) is 5.22. The van der Waals surface area contributed by atoms with E-state index in [1.807, 2.05) is 4.90 Å². The van der Waals surface area contributed by atoms with E-state index in [-0.39, 0.29) is 22.2 Å². The molecule has 1 saturated heterocycles. The normalized spacial score (nSPS) is 14.3. The molecule has 1 fully saturated rings. The van der Waals surface area contributed by atoms with Crippen LogP contribution in [-0.4, -0.2) is 52.5 Å². The number of hydrogen-bond donors (Lipinski definition) is 0. The zero-order valence-electron chi connectivity index (χ0n) is 18.0. The number of halogens is 2. The number of carbonyl (C=O) groups excluding carboxylic acids is 1. The summed E-state index contributed by atoms with van der Waals surface area (Å²) < 4.78 is 41.5. The third kappa shape index (κ3) is 4.82. The van der Waals surface area contributed by atoms with Gasteiger partial charge in [0.05, 0.1) is 16.3 Å². The Bertz CT molecular complexity index is 1280. The lowest BCUT2D eigenvalue weighted by atomic mass is 10.1. The van der Waals surface area contributed by atoms with E-state index >= 15 is 0 Å². The second kappa shape index (κ2) is 9.41. The molecule has 1 aliphatic rings. The van der Waals surface area contributed by atoms with Crippen molar-refractivity contribution in [3.63, 3.8) is 0 Å². The Kier molecular flexibility index (Phi) is 6.58. The van der Waals surface area contributed by atoms with Crippen molar-refractivity contribution in [3.05, 3.63) is 89.2 Å². The van der Waals surface area contributed by atoms with Crippen LogP contribution in [0.3, 0.4) is 0 Å².